The van der Waals surface area contributed by atoms with Crippen molar-refractivity contribution in [2.24, 2.45) is 0 Å². The van der Waals surface area contributed by atoms with Crippen molar-refractivity contribution in [1.29, 1.82) is 0 Å². The predicted molar refractivity (Wildman–Crippen MR) is 66.2 cm³/mol. The first-order chi connectivity index (χ1) is 7.67. The number of aryl methyl sites for hydroxylation is 1. The van der Waals surface area contributed by atoms with E-state index in [4.69, 9.17) is 18.0 Å². The minimum atomic E-state index is -0.355. The highest BCUT2D eigenvalue weighted by Gasteiger charge is 2.09. The van der Waals surface area contributed by atoms with Gasteiger partial charge in [0.1, 0.15) is 5.82 Å². The number of hydrogen-bond donors (Lipinski definition) is 0. The van der Waals surface area contributed by atoms with Crippen molar-refractivity contribution in [2.45, 2.75) is 13.3 Å². The summed E-state index contributed by atoms with van der Waals surface area (Å²) < 4.78 is 13.6. The van der Waals surface area contributed by atoms with Gasteiger partial charge in [-0.1, -0.05) is 30.5 Å². The minimum absolute atomic E-state index is 0.325. The van der Waals surface area contributed by atoms with Gasteiger partial charge in [0.15, 0.2) is 0 Å². The maximum Gasteiger partial charge on any atom is 0.139 e. The summed E-state index contributed by atoms with van der Waals surface area (Å²) in [6.07, 6.45) is 6.13. The lowest BCUT2D eigenvalue weighted by Gasteiger charge is -2.08. The second-order valence-electron chi connectivity index (χ2n) is 3.58. The lowest BCUT2D eigenvalue weighted by Crippen LogP contribution is -1.92. The average Bonchev–Trinajstić information content (AvgIpc) is 2.28. The summed E-state index contributed by atoms with van der Waals surface area (Å²) in [4.78, 5) is 0. The van der Waals surface area contributed by atoms with Crippen LogP contribution < -0.4 is 0 Å². The highest BCUT2D eigenvalue weighted by molar-refractivity contribution is 6.31. The number of hydrogen-bond acceptors (Lipinski definition) is 0. The molecule has 0 amide bonds. The van der Waals surface area contributed by atoms with E-state index in [1.54, 1.807) is 12.1 Å². The lowest BCUT2D eigenvalue weighted by atomic mass is 9.97. The Morgan fingerprint density at radius 3 is 2.75 bits per heavy atom. The van der Waals surface area contributed by atoms with Crippen LogP contribution in [-0.4, -0.2) is 0 Å². The number of halogens is 2. The minimum Gasteiger partial charge on any atom is -0.206 e. The fourth-order valence-electron chi connectivity index (χ4n) is 1.91. The molecule has 0 aliphatic carbocycles. The number of rotatable bonds is 1. The van der Waals surface area contributed by atoms with Gasteiger partial charge in [-0.05, 0) is 35.6 Å². The molecule has 0 aromatic heterocycles. The van der Waals surface area contributed by atoms with Crippen LogP contribution in [0.5, 0.6) is 0 Å². The van der Waals surface area contributed by atoms with Crippen molar-refractivity contribution in [3.8, 4) is 12.3 Å². The Morgan fingerprint density at radius 2 is 2.12 bits per heavy atom. The molecule has 0 fully saturated rings. The van der Waals surface area contributed by atoms with Gasteiger partial charge in [0.2, 0.25) is 0 Å². The molecular weight excluding hydrogens is 223 g/mol. The second-order valence-corrected chi connectivity index (χ2v) is 4.02. The second kappa shape index (κ2) is 4.15. The van der Waals surface area contributed by atoms with Gasteiger partial charge in [-0.25, -0.2) is 4.39 Å². The molecule has 0 unspecified atom stereocenters. The molecule has 0 N–H and O–H groups in total. The summed E-state index contributed by atoms with van der Waals surface area (Å²) in [6, 6.07) is 6.73. The Labute approximate surface area is 99.0 Å². The molecule has 2 aromatic rings. The Kier molecular flexibility index (Phi) is 2.85. The zero-order chi connectivity index (χ0) is 11.7. The standard InChI is InChI=1S/C14H10ClF/c1-3-9-7-11(15)8-10-5-6-13(16)12(4-2)14(9)10/h2,5-8H,3H2,1H3. The zero-order valence-electron chi connectivity index (χ0n) is 8.85. The van der Waals surface area contributed by atoms with E-state index >= 15 is 0 Å². The molecule has 2 heteroatoms. The summed E-state index contributed by atoms with van der Waals surface area (Å²) in [5.74, 6) is 2.06. The van der Waals surface area contributed by atoms with Gasteiger partial charge in [0, 0.05) is 10.4 Å². The summed E-state index contributed by atoms with van der Waals surface area (Å²) >= 11 is 5.99. The quantitative estimate of drug-likeness (QED) is 0.648. The molecule has 0 saturated heterocycles. The molecule has 0 nitrogen and oxygen atoms in total. The van der Waals surface area contributed by atoms with E-state index in [-0.39, 0.29) is 5.82 Å². The van der Waals surface area contributed by atoms with E-state index in [0.29, 0.717) is 10.6 Å². The molecule has 2 rings (SSSR count). The van der Waals surface area contributed by atoms with E-state index in [1.807, 2.05) is 13.0 Å². The van der Waals surface area contributed by atoms with Crippen LogP contribution in [0.1, 0.15) is 18.1 Å². The van der Waals surface area contributed by atoms with Gasteiger partial charge < -0.3 is 0 Å². The summed E-state index contributed by atoms with van der Waals surface area (Å²) in [6.45, 7) is 2.00. The van der Waals surface area contributed by atoms with Crippen LogP contribution in [-0.2, 0) is 6.42 Å². The van der Waals surface area contributed by atoms with Crippen molar-refractivity contribution in [3.63, 3.8) is 0 Å². The molecule has 0 atom stereocenters. The largest absolute Gasteiger partial charge is 0.206 e. The number of fused-ring (bicyclic) bond motifs is 1. The third-order valence-electron chi connectivity index (χ3n) is 2.64. The SMILES string of the molecule is C#Cc1c(F)ccc2cc(Cl)cc(CC)c12. The molecule has 0 radical (unpaired) electrons. The Morgan fingerprint density at radius 1 is 1.38 bits per heavy atom. The molecule has 0 heterocycles. The smallest absolute Gasteiger partial charge is 0.139 e. The van der Waals surface area contributed by atoms with Crippen molar-refractivity contribution < 1.29 is 4.39 Å². The van der Waals surface area contributed by atoms with Crippen LogP contribution >= 0.6 is 11.6 Å². The lowest BCUT2D eigenvalue weighted by molar-refractivity contribution is 0.626. The average molecular weight is 233 g/mol. The molecule has 0 spiro atoms. The van der Waals surface area contributed by atoms with E-state index in [1.165, 1.54) is 6.07 Å². The first-order valence-electron chi connectivity index (χ1n) is 5.04. The summed E-state index contributed by atoms with van der Waals surface area (Å²) in [7, 11) is 0. The highest BCUT2D eigenvalue weighted by atomic mass is 35.5. The summed E-state index contributed by atoms with van der Waals surface area (Å²) in [5, 5.41) is 2.34. The fourth-order valence-corrected chi connectivity index (χ4v) is 2.16. The van der Waals surface area contributed by atoms with Gasteiger partial charge >= 0.3 is 0 Å². The van der Waals surface area contributed by atoms with Crippen LogP contribution in [0, 0.1) is 18.2 Å². The Bertz CT molecular complexity index is 594. The van der Waals surface area contributed by atoms with Crippen LogP contribution in [0.3, 0.4) is 0 Å². The van der Waals surface area contributed by atoms with E-state index < -0.39 is 0 Å². The molecule has 0 saturated carbocycles. The fraction of sp³-hybridized carbons (Fsp3) is 0.143. The Balaban J connectivity index is 2.97. The first-order valence-corrected chi connectivity index (χ1v) is 5.42. The first kappa shape index (κ1) is 11.0. The van der Waals surface area contributed by atoms with Crippen molar-refractivity contribution in [1.82, 2.24) is 0 Å². The summed E-state index contributed by atoms with van der Waals surface area (Å²) in [5.41, 5.74) is 1.31. The monoisotopic (exact) mass is 232 g/mol. The van der Waals surface area contributed by atoms with Crippen LogP contribution in [0.2, 0.25) is 5.02 Å². The molecule has 0 aliphatic rings. The predicted octanol–water partition coefficient (Wildman–Crippen LogP) is 4.18. The van der Waals surface area contributed by atoms with E-state index in [2.05, 4.69) is 5.92 Å². The Hall–Kier alpha value is -1.52. The number of terminal acetylenes is 1. The molecule has 2 aromatic carbocycles. The van der Waals surface area contributed by atoms with Gasteiger partial charge in [-0.2, -0.15) is 0 Å². The van der Waals surface area contributed by atoms with Crippen molar-refractivity contribution >= 4 is 22.4 Å². The maximum absolute atomic E-state index is 13.6. The normalized spacial score (nSPS) is 10.4. The molecule has 0 aliphatic heterocycles. The third kappa shape index (κ3) is 1.66. The molecule has 16 heavy (non-hydrogen) atoms. The van der Waals surface area contributed by atoms with Gasteiger partial charge in [0.05, 0.1) is 5.56 Å². The van der Waals surface area contributed by atoms with Gasteiger partial charge in [0.25, 0.3) is 0 Å². The van der Waals surface area contributed by atoms with Gasteiger partial charge in [-0.15, -0.1) is 6.42 Å². The molecule has 0 bridgehead atoms. The molecule has 80 valence electrons. The van der Waals surface area contributed by atoms with E-state index in [0.717, 1.165) is 22.8 Å². The van der Waals surface area contributed by atoms with Gasteiger partial charge in [-0.3, -0.25) is 0 Å². The third-order valence-corrected chi connectivity index (χ3v) is 2.86. The van der Waals surface area contributed by atoms with Crippen LogP contribution in [0.25, 0.3) is 10.8 Å². The zero-order valence-corrected chi connectivity index (χ0v) is 9.61. The number of benzene rings is 2. The van der Waals surface area contributed by atoms with E-state index in [9.17, 15) is 4.39 Å². The van der Waals surface area contributed by atoms with Crippen molar-refractivity contribution in [3.05, 3.63) is 46.2 Å². The maximum atomic E-state index is 13.6. The van der Waals surface area contributed by atoms with Crippen LogP contribution in [0.4, 0.5) is 4.39 Å². The van der Waals surface area contributed by atoms with Crippen LogP contribution in [0.15, 0.2) is 24.3 Å². The topological polar surface area (TPSA) is 0 Å². The highest BCUT2D eigenvalue weighted by Crippen LogP contribution is 2.28. The molecular formula is C14H10ClF. The van der Waals surface area contributed by atoms with Crippen molar-refractivity contribution in [2.75, 3.05) is 0 Å².